The number of allylic oxidation sites excluding steroid dienone is 1. The second-order valence-corrected chi connectivity index (χ2v) is 6.42. The van der Waals surface area contributed by atoms with Gasteiger partial charge in [-0.3, -0.25) is 9.59 Å². The van der Waals surface area contributed by atoms with Crippen LogP contribution in [0.3, 0.4) is 0 Å². The van der Waals surface area contributed by atoms with Crippen LogP contribution in [-0.4, -0.2) is 35.9 Å². The van der Waals surface area contributed by atoms with Gasteiger partial charge in [0.15, 0.2) is 11.6 Å². The summed E-state index contributed by atoms with van der Waals surface area (Å²) in [5, 5.41) is 12.3. The second kappa shape index (κ2) is 6.44. The predicted octanol–water partition coefficient (Wildman–Crippen LogP) is 1.48. The number of aliphatic hydroxyl groups is 1. The van der Waals surface area contributed by atoms with Crippen molar-refractivity contribution in [1.82, 2.24) is 5.32 Å². The lowest BCUT2D eigenvalue weighted by molar-refractivity contribution is -0.127. The van der Waals surface area contributed by atoms with Crippen molar-refractivity contribution >= 4 is 11.6 Å². The highest BCUT2D eigenvalue weighted by atomic mass is 16.3. The Labute approximate surface area is 115 Å². The van der Waals surface area contributed by atoms with Crippen LogP contribution in [0.5, 0.6) is 0 Å². The quantitative estimate of drug-likeness (QED) is 0.585. The fourth-order valence-electron chi connectivity index (χ4n) is 2.33. The Hall–Kier alpha value is -1.00. The van der Waals surface area contributed by atoms with Crippen molar-refractivity contribution in [1.29, 1.82) is 0 Å². The third-order valence-electron chi connectivity index (χ3n) is 3.57. The van der Waals surface area contributed by atoms with Crippen LogP contribution < -0.4 is 5.32 Å². The van der Waals surface area contributed by atoms with E-state index in [2.05, 4.69) is 5.32 Å². The first-order valence-electron chi connectivity index (χ1n) is 6.87. The van der Waals surface area contributed by atoms with E-state index < -0.39 is 0 Å². The van der Waals surface area contributed by atoms with E-state index in [0.717, 1.165) is 0 Å². The predicted molar refractivity (Wildman–Crippen MR) is 74.8 cm³/mol. The van der Waals surface area contributed by atoms with Gasteiger partial charge in [0.25, 0.3) is 0 Å². The van der Waals surface area contributed by atoms with Crippen LogP contribution in [-0.2, 0) is 9.59 Å². The summed E-state index contributed by atoms with van der Waals surface area (Å²) in [7, 11) is 0. The minimum Gasteiger partial charge on any atom is -0.395 e. The number of hydrogen-bond acceptors (Lipinski definition) is 4. The van der Waals surface area contributed by atoms with Gasteiger partial charge in [0.1, 0.15) is 0 Å². The Bertz CT molecular complexity index is 361. The fraction of sp³-hybridized carbons (Fsp3) is 0.733. The molecule has 0 unspecified atom stereocenters. The smallest absolute Gasteiger partial charge is 0.166 e. The van der Waals surface area contributed by atoms with Gasteiger partial charge in [-0.25, -0.2) is 0 Å². The lowest BCUT2D eigenvalue weighted by Gasteiger charge is -2.28. The summed E-state index contributed by atoms with van der Waals surface area (Å²) in [5.41, 5.74) is 0.108. The molecule has 1 aliphatic carbocycles. The van der Waals surface area contributed by atoms with Crippen molar-refractivity contribution in [2.24, 2.45) is 11.3 Å². The van der Waals surface area contributed by atoms with E-state index in [1.165, 1.54) is 0 Å². The molecule has 0 aromatic carbocycles. The summed E-state index contributed by atoms with van der Waals surface area (Å²) in [4.78, 5) is 23.9. The third kappa shape index (κ3) is 4.55. The first-order chi connectivity index (χ1) is 8.76. The highest BCUT2D eigenvalue weighted by Crippen LogP contribution is 2.33. The SMILES string of the molecule is CC(C)[C@@H](CO)NCC=C1C(=O)CC(C)(C)CC1=O. The molecule has 0 bridgehead atoms. The van der Waals surface area contributed by atoms with E-state index in [1.54, 1.807) is 6.08 Å². The van der Waals surface area contributed by atoms with Crippen molar-refractivity contribution in [3.8, 4) is 0 Å². The topological polar surface area (TPSA) is 66.4 Å². The number of rotatable bonds is 5. The van der Waals surface area contributed by atoms with Crippen molar-refractivity contribution in [3.05, 3.63) is 11.6 Å². The second-order valence-electron chi connectivity index (χ2n) is 6.42. The van der Waals surface area contributed by atoms with Crippen LogP contribution in [0.1, 0.15) is 40.5 Å². The Morgan fingerprint density at radius 2 is 1.79 bits per heavy atom. The number of carbonyl (C=O) groups is 2. The molecular weight excluding hydrogens is 242 g/mol. The van der Waals surface area contributed by atoms with Gasteiger partial charge in [-0.2, -0.15) is 0 Å². The molecule has 0 aromatic heterocycles. The van der Waals surface area contributed by atoms with Crippen LogP contribution in [0, 0.1) is 11.3 Å². The molecule has 108 valence electrons. The molecule has 4 nitrogen and oxygen atoms in total. The molecule has 0 saturated heterocycles. The van der Waals surface area contributed by atoms with Gasteiger partial charge in [0, 0.05) is 25.4 Å². The van der Waals surface area contributed by atoms with Gasteiger partial charge in [0.2, 0.25) is 0 Å². The van der Waals surface area contributed by atoms with Gasteiger partial charge < -0.3 is 10.4 Å². The van der Waals surface area contributed by atoms with Gasteiger partial charge in [-0.1, -0.05) is 33.8 Å². The van der Waals surface area contributed by atoms with Crippen molar-refractivity contribution in [2.75, 3.05) is 13.2 Å². The van der Waals surface area contributed by atoms with E-state index in [1.807, 2.05) is 27.7 Å². The van der Waals surface area contributed by atoms with E-state index in [-0.39, 0.29) is 29.6 Å². The first-order valence-corrected chi connectivity index (χ1v) is 6.87. The van der Waals surface area contributed by atoms with Crippen LogP contribution in [0.15, 0.2) is 11.6 Å². The summed E-state index contributed by atoms with van der Waals surface area (Å²) < 4.78 is 0. The molecule has 0 radical (unpaired) electrons. The van der Waals surface area contributed by atoms with E-state index in [4.69, 9.17) is 0 Å². The molecule has 19 heavy (non-hydrogen) atoms. The third-order valence-corrected chi connectivity index (χ3v) is 3.57. The van der Waals surface area contributed by atoms with Crippen LogP contribution in [0.25, 0.3) is 0 Å². The summed E-state index contributed by atoms with van der Waals surface area (Å²) in [6.45, 7) is 8.41. The Morgan fingerprint density at radius 1 is 1.26 bits per heavy atom. The van der Waals surface area contributed by atoms with E-state index >= 15 is 0 Å². The first kappa shape index (κ1) is 16.1. The van der Waals surface area contributed by atoms with Gasteiger partial charge in [-0.05, 0) is 11.3 Å². The number of ketones is 2. The molecule has 0 aliphatic heterocycles. The summed E-state index contributed by atoms with van der Waals surface area (Å²) in [5.74, 6) is 0.182. The molecule has 1 saturated carbocycles. The van der Waals surface area contributed by atoms with Crippen molar-refractivity contribution in [3.63, 3.8) is 0 Å². The molecule has 1 fully saturated rings. The zero-order chi connectivity index (χ0) is 14.6. The van der Waals surface area contributed by atoms with Crippen LogP contribution >= 0.6 is 0 Å². The van der Waals surface area contributed by atoms with Crippen LogP contribution in [0.2, 0.25) is 0 Å². The zero-order valence-corrected chi connectivity index (χ0v) is 12.3. The number of carbonyl (C=O) groups excluding carboxylic acids is 2. The maximum Gasteiger partial charge on any atom is 0.166 e. The molecule has 4 heteroatoms. The minimum absolute atomic E-state index is 0.0120. The van der Waals surface area contributed by atoms with Gasteiger partial charge in [-0.15, -0.1) is 0 Å². The maximum absolute atomic E-state index is 11.9. The van der Waals surface area contributed by atoms with Gasteiger partial charge in [0.05, 0.1) is 12.2 Å². The number of aliphatic hydroxyl groups excluding tert-OH is 1. The Balaban J connectivity index is 2.62. The Kier molecular flexibility index (Phi) is 5.44. The lowest BCUT2D eigenvalue weighted by atomic mass is 9.74. The Morgan fingerprint density at radius 3 is 2.21 bits per heavy atom. The standard InChI is InChI=1S/C15H25NO3/c1-10(2)12(9-17)16-6-5-11-13(18)7-15(3,4)8-14(11)19/h5,10,12,16-17H,6-9H2,1-4H3/t12-/m1/s1. The van der Waals surface area contributed by atoms with Crippen molar-refractivity contribution < 1.29 is 14.7 Å². The highest BCUT2D eigenvalue weighted by Gasteiger charge is 2.35. The molecule has 2 N–H and O–H groups in total. The average Bonchev–Trinajstić information content (AvgIpc) is 2.25. The lowest BCUT2D eigenvalue weighted by Crippen LogP contribution is -2.38. The molecule has 1 atom stereocenters. The van der Waals surface area contributed by atoms with Gasteiger partial charge >= 0.3 is 0 Å². The number of nitrogens with one attached hydrogen (secondary N) is 1. The summed E-state index contributed by atoms with van der Waals surface area (Å²) in [6, 6.07) is -0.0120. The molecule has 0 amide bonds. The number of hydrogen-bond donors (Lipinski definition) is 2. The average molecular weight is 267 g/mol. The summed E-state index contributed by atoms with van der Waals surface area (Å²) in [6.07, 6.45) is 2.53. The van der Waals surface area contributed by atoms with E-state index in [9.17, 15) is 14.7 Å². The minimum atomic E-state index is -0.218. The molecule has 0 heterocycles. The van der Waals surface area contributed by atoms with Crippen LogP contribution in [0.4, 0.5) is 0 Å². The molecular formula is C15H25NO3. The molecule has 0 spiro atoms. The van der Waals surface area contributed by atoms with Crippen molar-refractivity contribution in [2.45, 2.75) is 46.6 Å². The van der Waals surface area contributed by atoms with E-state index in [0.29, 0.717) is 30.9 Å². The molecule has 1 rings (SSSR count). The molecule has 0 aromatic rings. The fourth-order valence-corrected chi connectivity index (χ4v) is 2.33. The highest BCUT2D eigenvalue weighted by molar-refractivity contribution is 6.22. The summed E-state index contributed by atoms with van der Waals surface area (Å²) >= 11 is 0. The largest absolute Gasteiger partial charge is 0.395 e. The zero-order valence-electron chi connectivity index (χ0n) is 12.3. The normalized spacial score (nSPS) is 20.8. The maximum atomic E-state index is 11.9. The number of Topliss-reactive ketones (excluding diaryl/α,β-unsaturated/α-hetero) is 2. The monoisotopic (exact) mass is 267 g/mol. The molecule has 1 aliphatic rings.